The van der Waals surface area contributed by atoms with Gasteiger partial charge < -0.3 is 14.2 Å². The molecule has 0 radical (unpaired) electrons. The Hall–Kier alpha value is -2.30. The Morgan fingerprint density at radius 3 is 1.78 bits per heavy atom. The molecule has 5 nitrogen and oxygen atoms in total. The Morgan fingerprint density at radius 1 is 0.778 bits per heavy atom. The van der Waals surface area contributed by atoms with E-state index in [0.29, 0.717) is 17.6 Å². The molecule has 0 bridgehead atoms. The summed E-state index contributed by atoms with van der Waals surface area (Å²) in [5, 5.41) is 0. The van der Waals surface area contributed by atoms with Crippen molar-refractivity contribution in [3.63, 3.8) is 0 Å². The van der Waals surface area contributed by atoms with Gasteiger partial charge in [0.05, 0.1) is 27.4 Å². The Kier molecular flexibility index (Phi) is 3.62. The molecule has 0 saturated carbocycles. The first-order valence-corrected chi connectivity index (χ1v) is 5.38. The molecular weight excluding hydrogens is 232 g/mol. The summed E-state index contributed by atoms with van der Waals surface area (Å²) < 4.78 is 15.3. The number of hydrogen-bond donors (Lipinski definition) is 0. The van der Waals surface area contributed by atoms with Crippen molar-refractivity contribution >= 4 is 0 Å². The van der Waals surface area contributed by atoms with Gasteiger partial charge in [0, 0.05) is 5.56 Å². The van der Waals surface area contributed by atoms with E-state index in [1.807, 2.05) is 24.3 Å². The molecule has 18 heavy (non-hydrogen) atoms. The fourth-order valence-corrected chi connectivity index (χ4v) is 1.48. The maximum absolute atomic E-state index is 5.11. The van der Waals surface area contributed by atoms with Crippen molar-refractivity contribution in [3.05, 3.63) is 30.3 Å². The number of nitrogens with zero attached hydrogens (tertiary/aromatic N) is 2. The maximum atomic E-state index is 5.11. The van der Waals surface area contributed by atoms with Crippen LogP contribution in [0.5, 0.6) is 17.5 Å². The first kappa shape index (κ1) is 12.2. The van der Waals surface area contributed by atoms with Crippen LogP contribution >= 0.6 is 0 Å². The highest BCUT2D eigenvalue weighted by Gasteiger charge is 2.07. The summed E-state index contributed by atoms with van der Waals surface area (Å²) in [6, 6.07) is 9.10. The molecule has 1 aromatic heterocycles. The van der Waals surface area contributed by atoms with Crippen LogP contribution in [0.4, 0.5) is 0 Å². The van der Waals surface area contributed by atoms with Crippen LogP contribution in [0.3, 0.4) is 0 Å². The van der Waals surface area contributed by atoms with Gasteiger partial charge in [0.25, 0.3) is 0 Å². The summed E-state index contributed by atoms with van der Waals surface area (Å²) in [6.45, 7) is 0. The topological polar surface area (TPSA) is 53.5 Å². The Bertz CT molecular complexity index is 504. The van der Waals surface area contributed by atoms with E-state index in [2.05, 4.69) is 9.97 Å². The molecule has 0 aliphatic rings. The van der Waals surface area contributed by atoms with E-state index in [1.165, 1.54) is 0 Å². The molecule has 94 valence electrons. The highest BCUT2D eigenvalue weighted by molar-refractivity contribution is 5.57. The van der Waals surface area contributed by atoms with Gasteiger partial charge in [-0.1, -0.05) is 0 Å². The van der Waals surface area contributed by atoms with E-state index in [1.54, 1.807) is 27.4 Å². The lowest BCUT2D eigenvalue weighted by molar-refractivity contribution is 0.372. The minimum atomic E-state index is 0.465. The molecule has 1 heterocycles. The molecule has 5 heteroatoms. The highest BCUT2D eigenvalue weighted by atomic mass is 16.5. The van der Waals surface area contributed by atoms with Gasteiger partial charge >= 0.3 is 0 Å². The summed E-state index contributed by atoms with van der Waals surface area (Å²) in [5.41, 5.74) is 0.869. The van der Waals surface area contributed by atoms with E-state index in [-0.39, 0.29) is 0 Å². The van der Waals surface area contributed by atoms with Crippen LogP contribution in [0.15, 0.2) is 30.3 Å². The number of benzene rings is 1. The van der Waals surface area contributed by atoms with Crippen LogP contribution in [0.2, 0.25) is 0 Å². The van der Waals surface area contributed by atoms with Crippen molar-refractivity contribution in [2.75, 3.05) is 21.3 Å². The van der Waals surface area contributed by atoms with Gasteiger partial charge in [-0.15, -0.1) is 0 Å². The minimum absolute atomic E-state index is 0.465. The second-order valence-corrected chi connectivity index (χ2v) is 3.50. The zero-order valence-electron chi connectivity index (χ0n) is 10.5. The third kappa shape index (κ3) is 2.51. The van der Waals surface area contributed by atoms with Crippen molar-refractivity contribution in [3.8, 4) is 28.9 Å². The molecule has 2 rings (SSSR count). The zero-order chi connectivity index (χ0) is 13.0. The molecule has 0 atom stereocenters. The molecule has 2 aromatic rings. The molecular formula is C13H14N2O3. The quantitative estimate of drug-likeness (QED) is 0.827. The second-order valence-electron chi connectivity index (χ2n) is 3.50. The number of hydrogen-bond acceptors (Lipinski definition) is 5. The fraction of sp³-hybridized carbons (Fsp3) is 0.231. The monoisotopic (exact) mass is 246 g/mol. The molecule has 0 unspecified atom stereocenters. The van der Waals surface area contributed by atoms with E-state index >= 15 is 0 Å². The fourth-order valence-electron chi connectivity index (χ4n) is 1.48. The summed E-state index contributed by atoms with van der Waals surface area (Å²) >= 11 is 0. The SMILES string of the molecule is COc1ccc(-c2nc(OC)cc(OC)n2)cc1. The molecule has 0 fully saturated rings. The van der Waals surface area contributed by atoms with Gasteiger partial charge in [0.15, 0.2) is 5.82 Å². The Balaban J connectivity index is 2.41. The predicted molar refractivity (Wildman–Crippen MR) is 67.1 cm³/mol. The van der Waals surface area contributed by atoms with E-state index < -0.39 is 0 Å². The Morgan fingerprint density at radius 2 is 1.33 bits per heavy atom. The molecule has 0 aliphatic heterocycles. The number of aromatic nitrogens is 2. The summed E-state index contributed by atoms with van der Waals surface area (Å²) in [7, 11) is 4.74. The largest absolute Gasteiger partial charge is 0.497 e. The zero-order valence-corrected chi connectivity index (χ0v) is 10.5. The molecule has 0 saturated heterocycles. The van der Waals surface area contributed by atoms with Crippen LogP contribution in [0, 0.1) is 0 Å². The smallest absolute Gasteiger partial charge is 0.220 e. The molecule has 0 spiro atoms. The van der Waals surface area contributed by atoms with Gasteiger partial charge in [0.1, 0.15) is 5.75 Å². The van der Waals surface area contributed by atoms with Crippen molar-refractivity contribution in [1.82, 2.24) is 9.97 Å². The van der Waals surface area contributed by atoms with Crippen LogP contribution in [0.1, 0.15) is 0 Å². The number of ether oxygens (including phenoxy) is 3. The van der Waals surface area contributed by atoms with E-state index in [4.69, 9.17) is 14.2 Å². The van der Waals surface area contributed by atoms with Gasteiger partial charge in [-0.25, -0.2) is 0 Å². The first-order chi connectivity index (χ1) is 8.76. The van der Waals surface area contributed by atoms with Gasteiger partial charge in [-0.3, -0.25) is 0 Å². The lowest BCUT2D eigenvalue weighted by Crippen LogP contribution is -1.97. The maximum Gasteiger partial charge on any atom is 0.220 e. The Labute approximate surface area is 105 Å². The van der Waals surface area contributed by atoms with Gasteiger partial charge in [-0.05, 0) is 24.3 Å². The van der Waals surface area contributed by atoms with E-state index in [0.717, 1.165) is 11.3 Å². The van der Waals surface area contributed by atoms with Crippen LogP contribution in [-0.2, 0) is 0 Å². The van der Waals surface area contributed by atoms with Crippen molar-refractivity contribution in [2.24, 2.45) is 0 Å². The van der Waals surface area contributed by atoms with Crippen LogP contribution in [0.25, 0.3) is 11.4 Å². The van der Waals surface area contributed by atoms with E-state index in [9.17, 15) is 0 Å². The van der Waals surface area contributed by atoms with Crippen LogP contribution < -0.4 is 14.2 Å². The van der Waals surface area contributed by atoms with Crippen LogP contribution in [-0.4, -0.2) is 31.3 Å². The summed E-state index contributed by atoms with van der Waals surface area (Å²) in [5.74, 6) is 2.27. The standard InChI is InChI=1S/C13H14N2O3/c1-16-10-6-4-9(5-7-10)13-14-11(17-2)8-12(15-13)18-3/h4-8H,1-3H3. The molecule has 0 amide bonds. The summed E-state index contributed by atoms with van der Waals surface area (Å²) in [6.07, 6.45) is 0. The third-order valence-corrected chi connectivity index (χ3v) is 2.45. The van der Waals surface area contributed by atoms with Gasteiger partial charge in [-0.2, -0.15) is 9.97 Å². The summed E-state index contributed by atoms with van der Waals surface area (Å²) in [4.78, 5) is 8.54. The number of methoxy groups -OCH3 is 3. The van der Waals surface area contributed by atoms with Crippen molar-refractivity contribution in [2.45, 2.75) is 0 Å². The average Bonchev–Trinajstić information content (AvgIpc) is 2.46. The average molecular weight is 246 g/mol. The van der Waals surface area contributed by atoms with Gasteiger partial charge in [0.2, 0.25) is 11.8 Å². The predicted octanol–water partition coefficient (Wildman–Crippen LogP) is 2.17. The lowest BCUT2D eigenvalue weighted by Gasteiger charge is -2.07. The molecule has 1 aromatic carbocycles. The first-order valence-electron chi connectivity index (χ1n) is 5.38. The third-order valence-electron chi connectivity index (χ3n) is 2.45. The molecule has 0 aliphatic carbocycles. The van der Waals surface area contributed by atoms with Crippen molar-refractivity contribution in [1.29, 1.82) is 0 Å². The highest BCUT2D eigenvalue weighted by Crippen LogP contribution is 2.24. The van der Waals surface area contributed by atoms with Crippen molar-refractivity contribution < 1.29 is 14.2 Å². The normalized spacial score (nSPS) is 9.94. The number of rotatable bonds is 4. The molecule has 0 N–H and O–H groups in total. The second kappa shape index (κ2) is 5.35. The minimum Gasteiger partial charge on any atom is -0.497 e. The lowest BCUT2D eigenvalue weighted by atomic mass is 10.2.